The summed E-state index contributed by atoms with van der Waals surface area (Å²) >= 11 is 0. The molecule has 0 saturated carbocycles. The summed E-state index contributed by atoms with van der Waals surface area (Å²) in [5.74, 6) is -0.358. The molecule has 90 valence electrons. The topological polar surface area (TPSA) is 59.1 Å². The fourth-order valence-electron chi connectivity index (χ4n) is 1.33. The van der Waals surface area contributed by atoms with Gasteiger partial charge in [-0.3, -0.25) is 4.98 Å². The Bertz CT molecular complexity index is 448. The molecule has 0 saturated heterocycles. The molecule has 1 aromatic rings. The van der Waals surface area contributed by atoms with E-state index in [1.165, 1.54) is 24.6 Å². The molecular formula is C10H15FN2O2S. The minimum Gasteiger partial charge on any atom is -0.308 e. The number of nitrogens with zero attached hydrogens (tertiary/aromatic N) is 1. The maximum Gasteiger partial charge on any atom is 0.148 e. The van der Waals surface area contributed by atoms with Gasteiger partial charge in [0.25, 0.3) is 0 Å². The van der Waals surface area contributed by atoms with Crippen LogP contribution in [0.4, 0.5) is 4.39 Å². The number of hydrogen-bond acceptors (Lipinski definition) is 4. The van der Waals surface area contributed by atoms with Crippen molar-refractivity contribution in [1.29, 1.82) is 0 Å². The van der Waals surface area contributed by atoms with Gasteiger partial charge in [0.2, 0.25) is 0 Å². The first-order chi connectivity index (χ1) is 7.38. The summed E-state index contributed by atoms with van der Waals surface area (Å²) in [6.45, 7) is 1.96. The fourth-order valence-corrected chi connectivity index (χ4v) is 2.36. The van der Waals surface area contributed by atoms with Crippen molar-refractivity contribution >= 4 is 9.84 Å². The summed E-state index contributed by atoms with van der Waals surface area (Å²) in [6.07, 6.45) is 2.67. The molecule has 0 aliphatic carbocycles. The number of sulfone groups is 1. The van der Waals surface area contributed by atoms with E-state index >= 15 is 0 Å². The molecule has 0 bridgehead atoms. The van der Waals surface area contributed by atoms with E-state index in [9.17, 15) is 12.8 Å². The highest BCUT2D eigenvalue weighted by atomic mass is 32.2. The molecule has 0 radical (unpaired) electrons. The second kappa shape index (κ2) is 5.36. The number of halogens is 1. The van der Waals surface area contributed by atoms with Crippen molar-refractivity contribution in [3.63, 3.8) is 0 Å². The zero-order chi connectivity index (χ0) is 12.2. The lowest BCUT2D eigenvalue weighted by atomic mass is 10.3. The number of rotatable bonds is 5. The van der Waals surface area contributed by atoms with Crippen molar-refractivity contribution in [1.82, 2.24) is 10.3 Å². The maximum atomic E-state index is 13.2. The van der Waals surface area contributed by atoms with Gasteiger partial charge in [0.05, 0.1) is 11.4 Å². The van der Waals surface area contributed by atoms with Crippen LogP contribution in [0, 0.1) is 5.82 Å². The van der Waals surface area contributed by atoms with Gasteiger partial charge in [-0.1, -0.05) is 0 Å². The van der Waals surface area contributed by atoms with E-state index in [-0.39, 0.29) is 24.2 Å². The third-order valence-corrected chi connectivity index (χ3v) is 3.11. The first-order valence-corrected chi connectivity index (χ1v) is 6.95. The summed E-state index contributed by atoms with van der Waals surface area (Å²) in [7, 11) is -3.01. The lowest BCUT2D eigenvalue weighted by molar-refractivity contribution is 0.533. The molecule has 0 aromatic carbocycles. The molecule has 1 unspecified atom stereocenters. The molecule has 0 fully saturated rings. The van der Waals surface area contributed by atoms with E-state index in [0.717, 1.165) is 0 Å². The largest absolute Gasteiger partial charge is 0.308 e. The zero-order valence-electron chi connectivity index (χ0n) is 9.27. The van der Waals surface area contributed by atoms with E-state index < -0.39 is 9.84 Å². The van der Waals surface area contributed by atoms with E-state index in [1.54, 1.807) is 6.92 Å². The minimum absolute atomic E-state index is 0.0292. The monoisotopic (exact) mass is 246 g/mol. The third kappa shape index (κ3) is 4.67. The van der Waals surface area contributed by atoms with Gasteiger partial charge in [0, 0.05) is 25.0 Å². The molecule has 16 heavy (non-hydrogen) atoms. The lowest BCUT2D eigenvalue weighted by Gasteiger charge is -2.12. The Kier molecular flexibility index (Phi) is 4.37. The summed E-state index contributed by atoms with van der Waals surface area (Å²) in [5.41, 5.74) is 0.294. The predicted molar refractivity (Wildman–Crippen MR) is 60.2 cm³/mol. The van der Waals surface area contributed by atoms with Gasteiger partial charge in [-0.25, -0.2) is 12.8 Å². The van der Waals surface area contributed by atoms with E-state index in [1.807, 2.05) is 0 Å². The maximum absolute atomic E-state index is 13.2. The van der Waals surface area contributed by atoms with Crippen molar-refractivity contribution in [2.24, 2.45) is 0 Å². The van der Waals surface area contributed by atoms with Crippen LogP contribution in [0.5, 0.6) is 0 Å². The molecular weight excluding hydrogens is 231 g/mol. The van der Waals surface area contributed by atoms with Crippen LogP contribution in [0.25, 0.3) is 0 Å². The van der Waals surface area contributed by atoms with Crippen molar-refractivity contribution < 1.29 is 12.8 Å². The van der Waals surface area contributed by atoms with Crippen LogP contribution < -0.4 is 5.32 Å². The van der Waals surface area contributed by atoms with E-state index in [2.05, 4.69) is 10.3 Å². The molecule has 1 heterocycles. The molecule has 0 aliphatic rings. The number of aromatic nitrogens is 1. The molecule has 1 N–H and O–H groups in total. The normalized spacial score (nSPS) is 13.7. The molecule has 0 aliphatic heterocycles. The Morgan fingerprint density at radius 1 is 1.56 bits per heavy atom. The van der Waals surface area contributed by atoms with Crippen molar-refractivity contribution in [3.8, 4) is 0 Å². The van der Waals surface area contributed by atoms with Crippen LogP contribution in [0.3, 0.4) is 0 Å². The molecule has 0 amide bonds. The molecule has 1 atom stereocenters. The highest BCUT2D eigenvalue weighted by Crippen LogP contribution is 2.02. The second-order valence-electron chi connectivity index (χ2n) is 3.81. The SMILES string of the molecule is CC(CS(C)(=O)=O)NCc1ncccc1F. The highest BCUT2D eigenvalue weighted by molar-refractivity contribution is 7.90. The van der Waals surface area contributed by atoms with E-state index in [0.29, 0.717) is 5.69 Å². The second-order valence-corrected chi connectivity index (χ2v) is 5.99. The summed E-state index contributed by atoms with van der Waals surface area (Å²) < 4.78 is 35.1. The first-order valence-electron chi connectivity index (χ1n) is 4.89. The van der Waals surface area contributed by atoms with Crippen molar-refractivity contribution in [3.05, 3.63) is 29.8 Å². The summed E-state index contributed by atoms with van der Waals surface area (Å²) in [5, 5.41) is 2.91. The quantitative estimate of drug-likeness (QED) is 0.832. The van der Waals surface area contributed by atoms with Crippen molar-refractivity contribution in [2.75, 3.05) is 12.0 Å². The highest BCUT2D eigenvalue weighted by Gasteiger charge is 2.11. The van der Waals surface area contributed by atoms with Gasteiger partial charge >= 0.3 is 0 Å². The molecule has 0 spiro atoms. The molecule has 1 rings (SSSR count). The van der Waals surface area contributed by atoms with Gasteiger partial charge in [-0.15, -0.1) is 0 Å². The Morgan fingerprint density at radius 3 is 2.81 bits per heavy atom. The molecule has 1 aromatic heterocycles. The van der Waals surface area contributed by atoms with Gasteiger partial charge in [-0.05, 0) is 19.1 Å². The number of hydrogen-bond donors (Lipinski definition) is 1. The van der Waals surface area contributed by atoms with Crippen LogP contribution in [-0.4, -0.2) is 31.5 Å². The van der Waals surface area contributed by atoms with E-state index in [4.69, 9.17) is 0 Å². The van der Waals surface area contributed by atoms with Crippen LogP contribution in [-0.2, 0) is 16.4 Å². The zero-order valence-corrected chi connectivity index (χ0v) is 10.1. The van der Waals surface area contributed by atoms with Gasteiger partial charge < -0.3 is 5.32 Å². The average Bonchev–Trinajstić information content (AvgIpc) is 2.14. The van der Waals surface area contributed by atoms with Crippen LogP contribution >= 0.6 is 0 Å². The first kappa shape index (κ1) is 13.1. The molecule has 6 heteroatoms. The van der Waals surface area contributed by atoms with Gasteiger partial charge in [0.1, 0.15) is 15.7 Å². The predicted octanol–water partition coefficient (Wildman–Crippen LogP) is 0.743. The Hall–Kier alpha value is -1.01. The Morgan fingerprint density at radius 2 is 2.25 bits per heavy atom. The van der Waals surface area contributed by atoms with Crippen molar-refractivity contribution in [2.45, 2.75) is 19.5 Å². The molecule has 4 nitrogen and oxygen atoms in total. The van der Waals surface area contributed by atoms with Crippen LogP contribution in [0.1, 0.15) is 12.6 Å². The van der Waals surface area contributed by atoms with Crippen LogP contribution in [0.2, 0.25) is 0 Å². The van der Waals surface area contributed by atoms with Crippen LogP contribution in [0.15, 0.2) is 18.3 Å². The lowest BCUT2D eigenvalue weighted by Crippen LogP contribution is -2.32. The number of nitrogens with one attached hydrogen (secondary N) is 1. The summed E-state index contributed by atoms with van der Waals surface area (Å²) in [6, 6.07) is 2.61. The Labute approximate surface area is 94.8 Å². The average molecular weight is 246 g/mol. The smallest absolute Gasteiger partial charge is 0.148 e. The standard InChI is InChI=1S/C10H15FN2O2S/c1-8(7-16(2,14)15)13-6-10-9(11)4-3-5-12-10/h3-5,8,13H,6-7H2,1-2H3. The third-order valence-electron chi connectivity index (χ3n) is 2.01. The van der Waals surface area contributed by atoms with Gasteiger partial charge in [0.15, 0.2) is 0 Å². The minimum atomic E-state index is -3.01. The Balaban J connectivity index is 2.49. The van der Waals surface area contributed by atoms with Gasteiger partial charge in [-0.2, -0.15) is 0 Å². The fraction of sp³-hybridized carbons (Fsp3) is 0.500. The summed E-state index contributed by atoms with van der Waals surface area (Å²) in [4.78, 5) is 3.86. The number of pyridine rings is 1.